The van der Waals surface area contributed by atoms with Crippen molar-refractivity contribution in [2.24, 2.45) is 0 Å². The summed E-state index contributed by atoms with van der Waals surface area (Å²) in [6.45, 7) is 2.07. The van der Waals surface area contributed by atoms with Gasteiger partial charge in [-0.3, -0.25) is 14.5 Å². The molecule has 4 aromatic rings. The first-order valence-electron chi connectivity index (χ1n) is 10.0. The molecule has 3 aromatic carbocycles. The summed E-state index contributed by atoms with van der Waals surface area (Å²) >= 11 is 15.8. The summed E-state index contributed by atoms with van der Waals surface area (Å²) in [5.74, 6) is -0.331. The third kappa shape index (κ3) is 3.36. The Kier molecular flexibility index (Phi) is 5.36. The summed E-state index contributed by atoms with van der Waals surface area (Å²) in [7, 11) is 0. The van der Waals surface area contributed by atoms with Gasteiger partial charge in [-0.1, -0.05) is 64.3 Å². The predicted octanol–water partition coefficient (Wildman–Crippen LogP) is 7.17. The highest BCUT2D eigenvalue weighted by Crippen LogP contribution is 2.42. The first-order valence-corrected chi connectivity index (χ1v) is 11.6. The van der Waals surface area contributed by atoms with Crippen LogP contribution in [0.15, 0.2) is 74.3 Å². The maximum Gasteiger partial charge on any atom is 0.295 e. The quantitative estimate of drug-likeness (QED) is 0.283. The molecule has 0 N–H and O–H groups in total. The summed E-state index contributed by atoms with van der Waals surface area (Å²) in [6, 6.07) is 17.3. The summed E-state index contributed by atoms with van der Waals surface area (Å²) in [5, 5.41) is 1.15. The molecule has 32 heavy (non-hydrogen) atoms. The van der Waals surface area contributed by atoms with Gasteiger partial charge in [-0.05, 0) is 60.0 Å². The number of carbonyl (C=O) groups is 1. The summed E-state index contributed by atoms with van der Waals surface area (Å²) < 4.78 is 6.73. The van der Waals surface area contributed by atoms with Crippen molar-refractivity contribution in [1.82, 2.24) is 0 Å². The monoisotopic (exact) mass is 527 g/mol. The second-order valence-electron chi connectivity index (χ2n) is 7.59. The third-order valence-corrected chi connectivity index (χ3v) is 6.95. The molecule has 1 atom stereocenters. The molecule has 1 aromatic heterocycles. The maximum absolute atomic E-state index is 13.6. The maximum atomic E-state index is 13.6. The lowest BCUT2D eigenvalue weighted by Gasteiger charge is -2.25. The first-order chi connectivity index (χ1) is 15.4. The van der Waals surface area contributed by atoms with Crippen LogP contribution in [0.25, 0.3) is 11.0 Å². The molecule has 2 heterocycles. The number of fused-ring (bicyclic) bond motifs is 2. The van der Waals surface area contributed by atoms with E-state index in [1.807, 2.05) is 24.3 Å². The fraction of sp³-hybridized carbons (Fsp3) is 0.120. The number of hydrogen-bond acceptors (Lipinski definition) is 3. The van der Waals surface area contributed by atoms with Crippen LogP contribution in [0.5, 0.6) is 0 Å². The molecule has 0 saturated carbocycles. The molecule has 4 nitrogen and oxygen atoms in total. The number of rotatable bonds is 3. The number of aryl methyl sites for hydroxylation is 1. The van der Waals surface area contributed by atoms with E-state index < -0.39 is 6.04 Å². The van der Waals surface area contributed by atoms with Crippen molar-refractivity contribution in [3.8, 4) is 0 Å². The number of halogens is 3. The molecular formula is C25H16BrCl2NO3. The molecule has 0 radical (unpaired) electrons. The lowest BCUT2D eigenvalue weighted by molar-refractivity contribution is 0.0971. The fourth-order valence-corrected chi connectivity index (χ4v) is 4.77. The highest BCUT2D eigenvalue weighted by atomic mass is 79.9. The number of amides is 1. The number of nitrogens with zero attached hydrogens (tertiary/aromatic N) is 1. The zero-order chi connectivity index (χ0) is 22.6. The highest BCUT2D eigenvalue weighted by Gasteiger charge is 2.43. The van der Waals surface area contributed by atoms with E-state index >= 15 is 0 Å². The van der Waals surface area contributed by atoms with Gasteiger partial charge in [-0.25, -0.2) is 0 Å². The molecule has 5 rings (SSSR count). The van der Waals surface area contributed by atoms with Crippen LogP contribution in [0, 0.1) is 0 Å². The molecule has 0 aliphatic carbocycles. The van der Waals surface area contributed by atoms with Gasteiger partial charge >= 0.3 is 0 Å². The molecule has 1 amide bonds. The van der Waals surface area contributed by atoms with E-state index in [1.54, 1.807) is 41.3 Å². The molecule has 0 saturated heterocycles. The largest absolute Gasteiger partial charge is 0.450 e. The fourth-order valence-electron chi connectivity index (χ4n) is 4.10. The van der Waals surface area contributed by atoms with E-state index in [4.69, 9.17) is 27.6 Å². The van der Waals surface area contributed by atoms with Gasteiger partial charge in [0.15, 0.2) is 5.43 Å². The Morgan fingerprint density at radius 1 is 0.969 bits per heavy atom. The topological polar surface area (TPSA) is 50.5 Å². The molecule has 0 bridgehead atoms. The van der Waals surface area contributed by atoms with E-state index in [0.717, 1.165) is 16.5 Å². The minimum atomic E-state index is -0.695. The summed E-state index contributed by atoms with van der Waals surface area (Å²) in [4.78, 5) is 28.8. The van der Waals surface area contributed by atoms with Crippen LogP contribution >= 0.6 is 39.1 Å². The van der Waals surface area contributed by atoms with Gasteiger partial charge < -0.3 is 4.42 Å². The van der Waals surface area contributed by atoms with Gasteiger partial charge in [0.25, 0.3) is 5.91 Å². The summed E-state index contributed by atoms with van der Waals surface area (Å²) in [5.41, 5.74) is 2.89. The third-order valence-electron chi connectivity index (χ3n) is 5.71. The minimum absolute atomic E-state index is 0.0421. The van der Waals surface area contributed by atoms with Crippen molar-refractivity contribution in [2.45, 2.75) is 19.4 Å². The Labute approximate surface area is 202 Å². The standard InChI is InChI=1S/C25H16BrCl2NO3/c1-2-13-3-7-16(8-4-13)29-22(14-5-9-18(27)19(28)11-14)21-23(30)17-12-15(26)6-10-20(17)32-24(21)25(29)31/h3-12,22H,2H2,1H3. The molecule has 1 aliphatic rings. The van der Waals surface area contributed by atoms with Crippen molar-refractivity contribution in [3.05, 3.63) is 108 Å². The van der Waals surface area contributed by atoms with Crippen molar-refractivity contribution in [2.75, 3.05) is 4.90 Å². The molecule has 0 spiro atoms. The Balaban J connectivity index is 1.80. The first kappa shape index (κ1) is 21.3. The van der Waals surface area contributed by atoms with E-state index in [0.29, 0.717) is 37.8 Å². The van der Waals surface area contributed by atoms with Crippen LogP contribution in [-0.2, 0) is 6.42 Å². The Morgan fingerprint density at radius 2 is 1.72 bits per heavy atom. The highest BCUT2D eigenvalue weighted by molar-refractivity contribution is 9.10. The van der Waals surface area contributed by atoms with Crippen molar-refractivity contribution >= 4 is 61.7 Å². The molecular weight excluding hydrogens is 513 g/mol. The lowest BCUT2D eigenvalue weighted by Crippen LogP contribution is -2.29. The number of carbonyl (C=O) groups excluding carboxylic acids is 1. The second kappa shape index (κ2) is 8.07. The van der Waals surface area contributed by atoms with Crippen LogP contribution < -0.4 is 10.3 Å². The van der Waals surface area contributed by atoms with Gasteiger partial charge in [0.05, 0.1) is 27.0 Å². The smallest absolute Gasteiger partial charge is 0.295 e. The van der Waals surface area contributed by atoms with E-state index in [2.05, 4.69) is 22.9 Å². The van der Waals surface area contributed by atoms with Crippen molar-refractivity contribution in [1.29, 1.82) is 0 Å². The minimum Gasteiger partial charge on any atom is -0.450 e. The van der Waals surface area contributed by atoms with Gasteiger partial charge in [0.1, 0.15) is 5.58 Å². The zero-order valence-electron chi connectivity index (χ0n) is 16.9. The summed E-state index contributed by atoms with van der Waals surface area (Å²) in [6.07, 6.45) is 0.880. The van der Waals surface area contributed by atoms with Crippen molar-refractivity contribution < 1.29 is 9.21 Å². The van der Waals surface area contributed by atoms with E-state index in [-0.39, 0.29) is 17.1 Å². The number of hydrogen-bond donors (Lipinski definition) is 0. The molecule has 1 aliphatic heterocycles. The number of anilines is 1. The lowest BCUT2D eigenvalue weighted by atomic mass is 9.98. The normalized spacial score (nSPS) is 15.4. The predicted molar refractivity (Wildman–Crippen MR) is 131 cm³/mol. The van der Waals surface area contributed by atoms with Crippen LogP contribution in [-0.4, -0.2) is 5.91 Å². The van der Waals surface area contributed by atoms with E-state index in [1.165, 1.54) is 0 Å². The van der Waals surface area contributed by atoms with Gasteiger partial charge in [-0.2, -0.15) is 0 Å². The van der Waals surface area contributed by atoms with Gasteiger partial charge in [0, 0.05) is 10.2 Å². The molecule has 0 fully saturated rings. The van der Waals surface area contributed by atoms with Crippen LogP contribution in [0.2, 0.25) is 10.0 Å². The average molecular weight is 529 g/mol. The van der Waals surface area contributed by atoms with E-state index in [9.17, 15) is 9.59 Å². The van der Waals surface area contributed by atoms with Crippen molar-refractivity contribution in [3.63, 3.8) is 0 Å². The SMILES string of the molecule is CCc1ccc(N2C(=O)c3oc4ccc(Br)cc4c(=O)c3C2c2ccc(Cl)c(Cl)c2)cc1. The Morgan fingerprint density at radius 3 is 2.41 bits per heavy atom. The molecule has 7 heteroatoms. The Hall–Kier alpha value is -2.60. The number of benzene rings is 3. The van der Waals surface area contributed by atoms with Gasteiger partial charge in [0.2, 0.25) is 5.76 Å². The zero-order valence-corrected chi connectivity index (χ0v) is 20.0. The molecule has 1 unspecified atom stereocenters. The van der Waals surface area contributed by atoms with Crippen LogP contribution in [0.4, 0.5) is 5.69 Å². The van der Waals surface area contributed by atoms with Crippen LogP contribution in [0.3, 0.4) is 0 Å². The molecule has 160 valence electrons. The van der Waals surface area contributed by atoms with Crippen LogP contribution in [0.1, 0.15) is 40.2 Å². The average Bonchev–Trinajstić information content (AvgIpc) is 3.09. The van der Waals surface area contributed by atoms with Gasteiger partial charge in [-0.15, -0.1) is 0 Å². The second-order valence-corrected chi connectivity index (χ2v) is 9.32. The Bertz CT molecular complexity index is 1450.